The number of carboxylic acid groups (broad SMARTS) is 1. The first-order valence-corrected chi connectivity index (χ1v) is 6.04. The van der Waals surface area contributed by atoms with E-state index in [2.05, 4.69) is 0 Å². The van der Waals surface area contributed by atoms with Gasteiger partial charge in [-0.05, 0) is 48.4 Å². The highest BCUT2D eigenvalue weighted by molar-refractivity contribution is 5.88. The minimum absolute atomic E-state index is 0.136. The number of carboxylic acids is 1. The topological polar surface area (TPSA) is 57.5 Å². The predicted octanol–water partition coefficient (Wildman–Crippen LogP) is 2.56. The molecule has 3 heteroatoms. The number of rotatable bonds is 2. The van der Waals surface area contributed by atoms with E-state index < -0.39 is 11.6 Å². The molecule has 0 amide bonds. The van der Waals surface area contributed by atoms with E-state index in [1.54, 1.807) is 18.2 Å². The summed E-state index contributed by atoms with van der Waals surface area (Å²) in [4.78, 5) is 10.9. The molecular formula is C14H18O3. The third kappa shape index (κ3) is 1.95. The smallest absolute Gasteiger partial charge is 0.335 e. The summed E-state index contributed by atoms with van der Waals surface area (Å²) in [7, 11) is 0. The van der Waals surface area contributed by atoms with Crippen LogP contribution in [-0.2, 0) is 12.0 Å². The van der Waals surface area contributed by atoms with Gasteiger partial charge in [-0.15, -0.1) is 0 Å². The molecule has 0 saturated carbocycles. The SMILES string of the molecule is CC(C)C1(O)CCCc2cc(C(=O)O)ccc21. The van der Waals surface area contributed by atoms with E-state index in [1.165, 1.54) is 0 Å². The summed E-state index contributed by atoms with van der Waals surface area (Å²) in [5.74, 6) is -0.774. The number of hydrogen-bond acceptors (Lipinski definition) is 2. The lowest BCUT2D eigenvalue weighted by Crippen LogP contribution is -2.36. The number of fused-ring (bicyclic) bond motifs is 1. The van der Waals surface area contributed by atoms with Crippen LogP contribution in [0, 0.1) is 5.92 Å². The molecule has 0 bridgehead atoms. The van der Waals surface area contributed by atoms with Gasteiger partial charge in [-0.25, -0.2) is 4.79 Å². The fourth-order valence-electron chi connectivity index (χ4n) is 2.64. The zero-order valence-electron chi connectivity index (χ0n) is 10.2. The fourth-order valence-corrected chi connectivity index (χ4v) is 2.64. The largest absolute Gasteiger partial charge is 0.478 e. The molecule has 0 fully saturated rings. The van der Waals surface area contributed by atoms with Crippen LogP contribution in [0.4, 0.5) is 0 Å². The first kappa shape index (κ1) is 12.1. The zero-order chi connectivity index (χ0) is 12.6. The van der Waals surface area contributed by atoms with E-state index in [-0.39, 0.29) is 5.92 Å². The molecular weight excluding hydrogens is 216 g/mol. The van der Waals surface area contributed by atoms with E-state index >= 15 is 0 Å². The third-order valence-electron chi connectivity index (χ3n) is 3.78. The number of aromatic carboxylic acids is 1. The number of carbonyl (C=O) groups is 1. The van der Waals surface area contributed by atoms with E-state index in [9.17, 15) is 9.90 Å². The minimum atomic E-state index is -0.911. The first-order valence-electron chi connectivity index (χ1n) is 6.04. The van der Waals surface area contributed by atoms with Gasteiger partial charge in [0.15, 0.2) is 0 Å². The highest BCUT2D eigenvalue weighted by Crippen LogP contribution is 2.40. The average Bonchev–Trinajstić information content (AvgIpc) is 2.28. The van der Waals surface area contributed by atoms with Crippen molar-refractivity contribution < 1.29 is 15.0 Å². The van der Waals surface area contributed by atoms with Crippen molar-refractivity contribution >= 4 is 5.97 Å². The molecule has 1 aromatic rings. The van der Waals surface area contributed by atoms with Crippen molar-refractivity contribution in [2.24, 2.45) is 5.92 Å². The van der Waals surface area contributed by atoms with Crippen molar-refractivity contribution in [3.63, 3.8) is 0 Å². The van der Waals surface area contributed by atoms with E-state index in [0.29, 0.717) is 5.56 Å². The van der Waals surface area contributed by atoms with Gasteiger partial charge in [0, 0.05) is 0 Å². The van der Waals surface area contributed by atoms with Gasteiger partial charge in [0.2, 0.25) is 0 Å². The average molecular weight is 234 g/mol. The first-order chi connectivity index (χ1) is 7.95. The van der Waals surface area contributed by atoms with Gasteiger partial charge in [-0.3, -0.25) is 0 Å². The molecule has 0 aromatic heterocycles. The molecule has 0 aliphatic heterocycles. The maximum absolute atomic E-state index is 10.9. The summed E-state index contributed by atoms with van der Waals surface area (Å²) >= 11 is 0. The Morgan fingerprint density at radius 1 is 1.41 bits per heavy atom. The Bertz CT molecular complexity index is 451. The normalized spacial score (nSPS) is 23.5. The fraction of sp³-hybridized carbons (Fsp3) is 0.500. The Kier molecular flexibility index (Phi) is 2.96. The number of aryl methyl sites for hydroxylation is 1. The second-order valence-electron chi connectivity index (χ2n) is 5.11. The third-order valence-corrected chi connectivity index (χ3v) is 3.78. The van der Waals surface area contributed by atoms with Gasteiger partial charge in [-0.1, -0.05) is 19.9 Å². The molecule has 1 aliphatic rings. The molecule has 0 heterocycles. The monoisotopic (exact) mass is 234 g/mol. The van der Waals surface area contributed by atoms with Gasteiger partial charge < -0.3 is 10.2 Å². The standard InChI is InChI=1S/C14H18O3/c1-9(2)14(17)7-3-4-10-8-11(13(15)16)5-6-12(10)14/h5-6,8-9,17H,3-4,7H2,1-2H3,(H,15,16). The lowest BCUT2D eigenvalue weighted by atomic mass is 9.73. The molecule has 17 heavy (non-hydrogen) atoms. The summed E-state index contributed by atoms with van der Waals surface area (Å²) in [5.41, 5.74) is 1.39. The van der Waals surface area contributed by atoms with Crippen molar-refractivity contribution in [2.45, 2.75) is 38.7 Å². The molecule has 0 radical (unpaired) electrons. The number of aliphatic hydroxyl groups is 1. The lowest BCUT2D eigenvalue weighted by molar-refractivity contribution is -0.0260. The van der Waals surface area contributed by atoms with Crippen LogP contribution >= 0.6 is 0 Å². The molecule has 0 saturated heterocycles. The Morgan fingerprint density at radius 3 is 2.71 bits per heavy atom. The summed E-state index contributed by atoms with van der Waals surface area (Å²) in [5, 5.41) is 19.6. The van der Waals surface area contributed by atoms with Crippen LogP contribution in [0.15, 0.2) is 18.2 Å². The number of hydrogen-bond donors (Lipinski definition) is 2. The van der Waals surface area contributed by atoms with Crippen molar-refractivity contribution in [2.75, 3.05) is 0 Å². The Hall–Kier alpha value is -1.35. The van der Waals surface area contributed by atoms with Crippen LogP contribution in [0.3, 0.4) is 0 Å². The van der Waals surface area contributed by atoms with Gasteiger partial charge in [0.1, 0.15) is 0 Å². The molecule has 1 aliphatic carbocycles. The van der Waals surface area contributed by atoms with Crippen LogP contribution in [-0.4, -0.2) is 16.2 Å². The molecule has 1 atom stereocenters. The summed E-state index contributed by atoms with van der Waals surface area (Å²) in [6, 6.07) is 5.06. The molecule has 0 spiro atoms. The minimum Gasteiger partial charge on any atom is -0.478 e. The molecule has 2 N–H and O–H groups in total. The van der Waals surface area contributed by atoms with Crippen LogP contribution in [0.25, 0.3) is 0 Å². The van der Waals surface area contributed by atoms with Gasteiger partial charge >= 0.3 is 5.97 Å². The Morgan fingerprint density at radius 2 is 2.12 bits per heavy atom. The van der Waals surface area contributed by atoms with Gasteiger partial charge in [0.25, 0.3) is 0 Å². The molecule has 1 unspecified atom stereocenters. The van der Waals surface area contributed by atoms with Crippen molar-refractivity contribution in [3.05, 3.63) is 34.9 Å². The second-order valence-corrected chi connectivity index (χ2v) is 5.11. The summed E-state index contributed by atoms with van der Waals surface area (Å²) in [6.07, 6.45) is 2.51. The Balaban J connectivity index is 2.51. The quantitative estimate of drug-likeness (QED) is 0.826. The van der Waals surface area contributed by atoms with E-state index in [4.69, 9.17) is 5.11 Å². The molecule has 2 rings (SSSR count). The predicted molar refractivity (Wildman–Crippen MR) is 65.1 cm³/mol. The molecule has 1 aromatic carbocycles. The van der Waals surface area contributed by atoms with Crippen molar-refractivity contribution in [1.29, 1.82) is 0 Å². The maximum Gasteiger partial charge on any atom is 0.335 e. The molecule has 3 nitrogen and oxygen atoms in total. The Labute approximate surface area is 101 Å². The van der Waals surface area contributed by atoms with Crippen LogP contribution < -0.4 is 0 Å². The van der Waals surface area contributed by atoms with Gasteiger partial charge in [-0.2, -0.15) is 0 Å². The number of benzene rings is 1. The second kappa shape index (κ2) is 4.15. The van der Waals surface area contributed by atoms with Crippen molar-refractivity contribution in [3.8, 4) is 0 Å². The maximum atomic E-state index is 10.9. The zero-order valence-corrected chi connectivity index (χ0v) is 10.2. The van der Waals surface area contributed by atoms with Crippen LogP contribution in [0.5, 0.6) is 0 Å². The highest BCUT2D eigenvalue weighted by atomic mass is 16.4. The van der Waals surface area contributed by atoms with Gasteiger partial charge in [0.05, 0.1) is 11.2 Å². The van der Waals surface area contributed by atoms with E-state index in [0.717, 1.165) is 30.4 Å². The molecule has 92 valence electrons. The lowest BCUT2D eigenvalue weighted by Gasteiger charge is -2.38. The van der Waals surface area contributed by atoms with Crippen molar-refractivity contribution in [1.82, 2.24) is 0 Å². The van der Waals surface area contributed by atoms with E-state index in [1.807, 2.05) is 13.8 Å². The summed E-state index contributed by atoms with van der Waals surface area (Å²) in [6.45, 7) is 4.00. The van der Waals surface area contributed by atoms with Crippen LogP contribution in [0.2, 0.25) is 0 Å². The summed E-state index contributed by atoms with van der Waals surface area (Å²) < 4.78 is 0. The highest BCUT2D eigenvalue weighted by Gasteiger charge is 2.37. The van der Waals surface area contributed by atoms with Crippen LogP contribution in [0.1, 0.15) is 48.2 Å².